The molecule has 0 heterocycles. The highest BCUT2D eigenvalue weighted by molar-refractivity contribution is 5.92. The fourth-order valence-electron chi connectivity index (χ4n) is 2.53. The summed E-state index contributed by atoms with van der Waals surface area (Å²) in [7, 11) is 0. The van der Waals surface area contributed by atoms with Gasteiger partial charge in [0.15, 0.2) is 0 Å². The van der Waals surface area contributed by atoms with Gasteiger partial charge in [-0.25, -0.2) is 0 Å². The topological polar surface area (TPSA) is 84.2 Å². The second kappa shape index (κ2) is 9.42. The Labute approximate surface area is 145 Å². The zero-order valence-electron chi connectivity index (χ0n) is 15.3. The Bertz CT molecular complexity index is 545. The van der Waals surface area contributed by atoms with E-state index in [9.17, 15) is 9.59 Å². The van der Waals surface area contributed by atoms with Crippen molar-refractivity contribution in [2.75, 3.05) is 11.9 Å². The van der Waals surface area contributed by atoms with Gasteiger partial charge in [-0.1, -0.05) is 39.8 Å². The summed E-state index contributed by atoms with van der Waals surface area (Å²) in [6.45, 7) is 8.63. The van der Waals surface area contributed by atoms with Crippen LogP contribution in [-0.4, -0.2) is 18.4 Å². The Kier molecular flexibility index (Phi) is 7.92. The monoisotopic (exact) mass is 333 g/mol. The predicted molar refractivity (Wildman–Crippen MR) is 98.4 cm³/mol. The van der Waals surface area contributed by atoms with Gasteiger partial charge >= 0.3 is 0 Å². The van der Waals surface area contributed by atoms with E-state index in [1.54, 1.807) is 0 Å². The van der Waals surface area contributed by atoms with Crippen LogP contribution in [0.2, 0.25) is 0 Å². The van der Waals surface area contributed by atoms with E-state index >= 15 is 0 Å². The Balaban J connectivity index is 2.71. The summed E-state index contributed by atoms with van der Waals surface area (Å²) in [5.41, 5.74) is 7.01. The number of rotatable bonds is 9. The van der Waals surface area contributed by atoms with Crippen molar-refractivity contribution in [2.24, 2.45) is 17.1 Å². The lowest BCUT2D eigenvalue weighted by atomic mass is 9.81. The first-order chi connectivity index (χ1) is 11.4. The highest BCUT2D eigenvalue weighted by Gasteiger charge is 2.32. The standard InChI is InChI=1S/C19H31N3O2/c1-5-14(4)17(23)22-16-10-8-9-15(11-16)12-21-18(24)19(6-2,7-3)13-20/h8-11,14H,5-7,12-13,20H2,1-4H3,(H,21,24)(H,22,23). The van der Waals surface area contributed by atoms with Crippen LogP contribution in [0, 0.1) is 11.3 Å². The summed E-state index contributed by atoms with van der Waals surface area (Å²) in [6.07, 6.45) is 2.24. The van der Waals surface area contributed by atoms with Gasteiger partial charge in [0.05, 0.1) is 5.41 Å². The van der Waals surface area contributed by atoms with Gasteiger partial charge in [-0.05, 0) is 37.0 Å². The van der Waals surface area contributed by atoms with Crippen LogP contribution in [0.4, 0.5) is 5.69 Å². The van der Waals surface area contributed by atoms with Gasteiger partial charge in [0.1, 0.15) is 0 Å². The van der Waals surface area contributed by atoms with Gasteiger partial charge in [-0.3, -0.25) is 9.59 Å². The van der Waals surface area contributed by atoms with Gasteiger partial charge in [0, 0.05) is 24.7 Å². The van der Waals surface area contributed by atoms with Crippen molar-refractivity contribution in [3.8, 4) is 0 Å². The third-order valence-corrected chi connectivity index (χ3v) is 4.93. The van der Waals surface area contributed by atoms with E-state index < -0.39 is 5.41 Å². The number of hydrogen-bond acceptors (Lipinski definition) is 3. The Morgan fingerprint density at radius 1 is 1.21 bits per heavy atom. The van der Waals surface area contributed by atoms with Crippen LogP contribution in [0.5, 0.6) is 0 Å². The van der Waals surface area contributed by atoms with Crippen LogP contribution >= 0.6 is 0 Å². The first-order valence-electron chi connectivity index (χ1n) is 8.80. The lowest BCUT2D eigenvalue weighted by molar-refractivity contribution is -0.131. The molecular formula is C19H31N3O2. The number of amides is 2. The average Bonchev–Trinajstić information content (AvgIpc) is 2.61. The fourth-order valence-corrected chi connectivity index (χ4v) is 2.53. The minimum atomic E-state index is -0.498. The number of nitrogens with two attached hydrogens (primary N) is 1. The van der Waals surface area contributed by atoms with E-state index in [0.717, 1.165) is 30.5 Å². The summed E-state index contributed by atoms with van der Waals surface area (Å²) in [6, 6.07) is 7.56. The van der Waals surface area contributed by atoms with Crippen LogP contribution in [-0.2, 0) is 16.1 Å². The third-order valence-electron chi connectivity index (χ3n) is 4.93. The lowest BCUT2D eigenvalue weighted by Gasteiger charge is -2.28. The van der Waals surface area contributed by atoms with E-state index in [4.69, 9.17) is 5.73 Å². The lowest BCUT2D eigenvalue weighted by Crippen LogP contribution is -2.45. The summed E-state index contributed by atoms with van der Waals surface area (Å²) in [4.78, 5) is 24.4. The molecular weight excluding hydrogens is 302 g/mol. The van der Waals surface area contributed by atoms with Gasteiger partial charge < -0.3 is 16.4 Å². The molecule has 0 radical (unpaired) electrons. The van der Waals surface area contributed by atoms with Gasteiger partial charge in [-0.2, -0.15) is 0 Å². The maximum atomic E-state index is 12.5. The molecule has 0 bridgehead atoms. The highest BCUT2D eigenvalue weighted by atomic mass is 16.2. The van der Waals surface area contributed by atoms with Crippen LogP contribution in [0.15, 0.2) is 24.3 Å². The number of nitrogens with one attached hydrogen (secondary N) is 2. The number of carbonyl (C=O) groups excluding carboxylic acids is 2. The molecule has 134 valence electrons. The van der Waals surface area contributed by atoms with Crippen LogP contribution in [0.1, 0.15) is 52.5 Å². The molecule has 0 aliphatic carbocycles. The number of benzene rings is 1. The first kappa shape index (κ1) is 20.2. The van der Waals surface area contributed by atoms with Crippen molar-refractivity contribution in [2.45, 2.75) is 53.5 Å². The molecule has 1 atom stereocenters. The highest BCUT2D eigenvalue weighted by Crippen LogP contribution is 2.25. The van der Waals surface area contributed by atoms with Gasteiger partial charge in [0.25, 0.3) is 0 Å². The van der Waals surface area contributed by atoms with E-state index in [1.165, 1.54) is 0 Å². The van der Waals surface area contributed by atoms with Crippen LogP contribution < -0.4 is 16.4 Å². The quantitative estimate of drug-likeness (QED) is 0.649. The maximum Gasteiger partial charge on any atom is 0.227 e. The summed E-state index contributed by atoms with van der Waals surface area (Å²) in [5, 5.41) is 5.89. The van der Waals surface area contributed by atoms with E-state index in [0.29, 0.717) is 13.1 Å². The third kappa shape index (κ3) is 5.06. The fraction of sp³-hybridized carbons (Fsp3) is 0.579. The molecule has 5 nitrogen and oxygen atoms in total. The molecule has 2 amide bonds. The first-order valence-corrected chi connectivity index (χ1v) is 8.80. The zero-order chi connectivity index (χ0) is 18.2. The molecule has 0 aromatic heterocycles. The number of hydrogen-bond donors (Lipinski definition) is 3. The minimum absolute atomic E-state index is 0.0101. The van der Waals surface area contributed by atoms with E-state index in [2.05, 4.69) is 10.6 Å². The SMILES string of the molecule is CCC(C)C(=O)Nc1cccc(CNC(=O)C(CC)(CC)CN)c1. The van der Waals surface area contributed by atoms with E-state index in [1.807, 2.05) is 52.0 Å². The summed E-state index contributed by atoms with van der Waals surface area (Å²) >= 11 is 0. The summed E-state index contributed by atoms with van der Waals surface area (Å²) in [5.74, 6) is -0.0190. The predicted octanol–water partition coefficient (Wildman–Crippen LogP) is 3.05. The molecule has 0 saturated heterocycles. The van der Waals surface area contributed by atoms with Crippen LogP contribution in [0.25, 0.3) is 0 Å². The molecule has 24 heavy (non-hydrogen) atoms. The largest absolute Gasteiger partial charge is 0.352 e. The summed E-state index contributed by atoms with van der Waals surface area (Å²) < 4.78 is 0. The van der Waals surface area contributed by atoms with Crippen LogP contribution in [0.3, 0.4) is 0 Å². The molecule has 0 spiro atoms. The second-order valence-corrected chi connectivity index (χ2v) is 6.37. The van der Waals surface area contributed by atoms with Crippen molar-refractivity contribution in [1.29, 1.82) is 0 Å². The molecule has 5 heteroatoms. The van der Waals surface area contributed by atoms with Crippen molar-refractivity contribution in [3.63, 3.8) is 0 Å². The Hall–Kier alpha value is -1.88. The molecule has 4 N–H and O–H groups in total. The second-order valence-electron chi connectivity index (χ2n) is 6.37. The molecule has 1 rings (SSSR count). The molecule has 1 aromatic rings. The molecule has 0 aliphatic heterocycles. The molecule has 0 fully saturated rings. The van der Waals surface area contributed by atoms with Crippen molar-refractivity contribution < 1.29 is 9.59 Å². The van der Waals surface area contributed by atoms with Gasteiger partial charge in [-0.15, -0.1) is 0 Å². The normalized spacial score (nSPS) is 12.5. The minimum Gasteiger partial charge on any atom is -0.352 e. The molecule has 0 aliphatic rings. The zero-order valence-corrected chi connectivity index (χ0v) is 15.3. The van der Waals surface area contributed by atoms with Crippen molar-refractivity contribution >= 4 is 17.5 Å². The van der Waals surface area contributed by atoms with Gasteiger partial charge in [0.2, 0.25) is 11.8 Å². The van der Waals surface area contributed by atoms with E-state index in [-0.39, 0.29) is 17.7 Å². The number of anilines is 1. The maximum absolute atomic E-state index is 12.5. The smallest absolute Gasteiger partial charge is 0.227 e. The molecule has 1 aromatic carbocycles. The molecule has 0 saturated carbocycles. The average molecular weight is 333 g/mol. The van der Waals surface area contributed by atoms with Crippen molar-refractivity contribution in [1.82, 2.24) is 5.32 Å². The van der Waals surface area contributed by atoms with Crippen molar-refractivity contribution in [3.05, 3.63) is 29.8 Å². The Morgan fingerprint density at radius 2 is 1.88 bits per heavy atom. The number of carbonyl (C=O) groups is 2. The Morgan fingerprint density at radius 3 is 2.42 bits per heavy atom. The molecule has 1 unspecified atom stereocenters.